The quantitative estimate of drug-likeness (QED) is 0.858. The van der Waals surface area contributed by atoms with Crippen LogP contribution in [-0.2, 0) is 9.84 Å². The van der Waals surface area contributed by atoms with E-state index in [9.17, 15) is 12.8 Å². The third kappa shape index (κ3) is 4.64. The fourth-order valence-corrected chi connectivity index (χ4v) is 2.09. The average Bonchev–Trinajstić information content (AvgIpc) is 2.17. The zero-order valence-corrected chi connectivity index (χ0v) is 12.1. The van der Waals surface area contributed by atoms with Crippen molar-refractivity contribution >= 4 is 15.5 Å². The molecular formula is C13H20FNO2S. The molecule has 0 saturated heterocycles. The normalized spacial score (nSPS) is 12.5. The standard InChI is InChI=1S/C13H20FNO2S/c1-13(2,3)7-8-15-12-9-10(18(4,16)17)5-6-11(12)14/h5-6,9,15H,7-8H2,1-4H3. The van der Waals surface area contributed by atoms with Gasteiger partial charge in [-0.15, -0.1) is 0 Å². The fourth-order valence-electron chi connectivity index (χ4n) is 1.44. The number of hydrogen-bond acceptors (Lipinski definition) is 3. The molecule has 0 fully saturated rings. The van der Waals surface area contributed by atoms with Gasteiger partial charge in [-0.3, -0.25) is 0 Å². The molecular weight excluding hydrogens is 253 g/mol. The molecule has 0 spiro atoms. The highest BCUT2D eigenvalue weighted by atomic mass is 32.2. The van der Waals surface area contributed by atoms with Crippen LogP contribution in [0.5, 0.6) is 0 Å². The molecule has 1 aromatic rings. The molecule has 102 valence electrons. The van der Waals surface area contributed by atoms with E-state index in [-0.39, 0.29) is 16.0 Å². The van der Waals surface area contributed by atoms with Crippen molar-refractivity contribution in [1.29, 1.82) is 0 Å². The van der Waals surface area contributed by atoms with Crippen LogP contribution in [0.25, 0.3) is 0 Å². The van der Waals surface area contributed by atoms with Crippen LogP contribution in [0.1, 0.15) is 27.2 Å². The molecule has 0 aliphatic carbocycles. The summed E-state index contributed by atoms with van der Waals surface area (Å²) in [6.07, 6.45) is 1.98. The van der Waals surface area contributed by atoms with Crippen LogP contribution in [0.3, 0.4) is 0 Å². The van der Waals surface area contributed by atoms with Gasteiger partial charge in [-0.05, 0) is 30.0 Å². The minimum Gasteiger partial charge on any atom is -0.383 e. The molecule has 0 atom stereocenters. The van der Waals surface area contributed by atoms with E-state index in [0.717, 1.165) is 12.7 Å². The lowest BCUT2D eigenvalue weighted by Gasteiger charge is -2.18. The maximum absolute atomic E-state index is 13.5. The van der Waals surface area contributed by atoms with Crippen LogP contribution < -0.4 is 5.32 Å². The first kappa shape index (κ1) is 15.0. The second-order valence-electron chi connectivity index (χ2n) is 5.65. The number of anilines is 1. The van der Waals surface area contributed by atoms with Gasteiger partial charge < -0.3 is 5.32 Å². The van der Waals surface area contributed by atoms with E-state index in [2.05, 4.69) is 26.1 Å². The molecule has 0 radical (unpaired) electrons. The van der Waals surface area contributed by atoms with Crippen molar-refractivity contribution in [2.24, 2.45) is 5.41 Å². The van der Waals surface area contributed by atoms with E-state index < -0.39 is 15.7 Å². The van der Waals surface area contributed by atoms with Gasteiger partial charge in [-0.2, -0.15) is 0 Å². The molecule has 0 saturated carbocycles. The third-order valence-electron chi connectivity index (χ3n) is 2.56. The van der Waals surface area contributed by atoms with Crippen molar-refractivity contribution < 1.29 is 12.8 Å². The van der Waals surface area contributed by atoms with Gasteiger partial charge in [0, 0.05) is 12.8 Å². The Bertz CT molecular complexity index is 518. The van der Waals surface area contributed by atoms with Crippen LogP contribution in [0, 0.1) is 11.2 Å². The van der Waals surface area contributed by atoms with Gasteiger partial charge in [0.15, 0.2) is 9.84 Å². The molecule has 0 amide bonds. The number of sulfone groups is 1. The van der Waals surface area contributed by atoms with Gasteiger partial charge in [0.2, 0.25) is 0 Å². The highest BCUT2D eigenvalue weighted by Gasteiger charge is 2.13. The molecule has 1 N–H and O–H groups in total. The van der Waals surface area contributed by atoms with Crippen LogP contribution in [0.15, 0.2) is 23.1 Å². The summed E-state index contributed by atoms with van der Waals surface area (Å²) >= 11 is 0. The molecule has 0 bridgehead atoms. The zero-order chi connectivity index (χ0) is 14.0. The molecule has 0 heterocycles. The minimum absolute atomic E-state index is 0.127. The molecule has 3 nitrogen and oxygen atoms in total. The van der Waals surface area contributed by atoms with Crippen molar-refractivity contribution in [2.75, 3.05) is 18.1 Å². The second kappa shape index (κ2) is 5.26. The Morgan fingerprint density at radius 2 is 1.89 bits per heavy atom. The summed E-state index contributed by atoms with van der Waals surface area (Å²) in [5, 5.41) is 2.94. The first-order valence-corrected chi connectivity index (χ1v) is 7.72. The highest BCUT2D eigenvalue weighted by molar-refractivity contribution is 7.90. The van der Waals surface area contributed by atoms with E-state index in [0.29, 0.717) is 6.54 Å². The van der Waals surface area contributed by atoms with Gasteiger partial charge in [0.1, 0.15) is 5.82 Å². The van der Waals surface area contributed by atoms with E-state index >= 15 is 0 Å². The SMILES string of the molecule is CC(C)(C)CCNc1cc(S(C)(=O)=O)ccc1F. The number of halogens is 1. The first-order valence-electron chi connectivity index (χ1n) is 5.83. The summed E-state index contributed by atoms with van der Waals surface area (Å²) in [5.41, 5.74) is 0.389. The monoisotopic (exact) mass is 273 g/mol. The predicted octanol–water partition coefficient (Wildman–Crippen LogP) is 3.08. The second-order valence-corrected chi connectivity index (χ2v) is 7.67. The van der Waals surface area contributed by atoms with Crippen LogP contribution in [0.2, 0.25) is 0 Å². The molecule has 1 rings (SSSR count). The molecule has 5 heteroatoms. The van der Waals surface area contributed by atoms with Gasteiger partial charge >= 0.3 is 0 Å². The average molecular weight is 273 g/mol. The van der Waals surface area contributed by atoms with E-state index in [1.807, 2.05) is 0 Å². The maximum atomic E-state index is 13.5. The fraction of sp³-hybridized carbons (Fsp3) is 0.538. The summed E-state index contributed by atoms with van der Waals surface area (Å²) in [6, 6.07) is 3.79. The summed E-state index contributed by atoms with van der Waals surface area (Å²) in [7, 11) is -3.30. The molecule has 0 unspecified atom stereocenters. The minimum atomic E-state index is -3.30. The van der Waals surface area contributed by atoms with Crippen molar-refractivity contribution in [3.63, 3.8) is 0 Å². The van der Waals surface area contributed by atoms with Gasteiger partial charge in [-0.25, -0.2) is 12.8 Å². The Labute approximate surface area is 108 Å². The Morgan fingerprint density at radius 3 is 2.39 bits per heavy atom. The van der Waals surface area contributed by atoms with Crippen molar-refractivity contribution in [2.45, 2.75) is 32.1 Å². The van der Waals surface area contributed by atoms with Crippen molar-refractivity contribution in [1.82, 2.24) is 0 Å². The number of rotatable bonds is 4. The Morgan fingerprint density at radius 1 is 1.28 bits per heavy atom. The zero-order valence-electron chi connectivity index (χ0n) is 11.2. The smallest absolute Gasteiger partial charge is 0.175 e. The summed E-state index contributed by atoms with van der Waals surface area (Å²) < 4.78 is 36.3. The largest absolute Gasteiger partial charge is 0.383 e. The maximum Gasteiger partial charge on any atom is 0.175 e. The lowest BCUT2D eigenvalue weighted by atomic mass is 9.92. The first-order chi connectivity index (χ1) is 8.09. The molecule has 1 aromatic carbocycles. The summed E-state index contributed by atoms with van der Waals surface area (Å²) in [5.74, 6) is -0.434. The highest BCUT2D eigenvalue weighted by Crippen LogP contribution is 2.22. The summed E-state index contributed by atoms with van der Waals surface area (Å²) in [4.78, 5) is 0.127. The van der Waals surface area contributed by atoms with Crippen molar-refractivity contribution in [3.8, 4) is 0 Å². The lowest BCUT2D eigenvalue weighted by Crippen LogP contribution is -2.13. The van der Waals surface area contributed by atoms with Gasteiger partial charge in [-0.1, -0.05) is 20.8 Å². The third-order valence-corrected chi connectivity index (χ3v) is 3.67. The van der Waals surface area contributed by atoms with Gasteiger partial charge in [0.25, 0.3) is 0 Å². The number of hydrogen-bond donors (Lipinski definition) is 1. The topological polar surface area (TPSA) is 46.2 Å². The molecule has 18 heavy (non-hydrogen) atoms. The van der Waals surface area contributed by atoms with E-state index in [1.165, 1.54) is 18.2 Å². The summed E-state index contributed by atoms with van der Waals surface area (Å²) in [6.45, 7) is 6.89. The Kier molecular flexibility index (Phi) is 4.37. The van der Waals surface area contributed by atoms with E-state index in [4.69, 9.17) is 0 Å². The number of benzene rings is 1. The van der Waals surface area contributed by atoms with Gasteiger partial charge in [0.05, 0.1) is 10.6 Å². The Hall–Kier alpha value is -1.10. The van der Waals surface area contributed by atoms with Crippen LogP contribution >= 0.6 is 0 Å². The van der Waals surface area contributed by atoms with Crippen LogP contribution in [-0.4, -0.2) is 21.2 Å². The predicted molar refractivity (Wildman–Crippen MR) is 72.1 cm³/mol. The number of nitrogens with one attached hydrogen (secondary N) is 1. The van der Waals surface area contributed by atoms with Crippen LogP contribution in [0.4, 0.5) is 10.1 Å². The lowest BCUT2D eigenvalue weighted by molar-refractivity contribution is 0.389. The van der Waals surface area contributed by atoms with E-state index in [1.54, 1.807) is 0 Å². The molecule has 0 aliphatic rings. The van der Waals surface area contributed by atoms with Crippen molar-refractivity contribution in [3.05, 3.63) is 24.0 Å². The molecule has 0 aromatic heterocycles. The molecule has 0 aliphatic heterocycles. The Balaban J connectivity index is 2.83.